The maximum Gasteiger partial charge on any atom is 0.262 e. The van der Waals surface area contributed by atoms with E-state index in [0.29, 0.717) is 24.1 Å². The SMILES string of the molecule is NC(=S)c1ccc(N2C(=O)C3CCC(O3)C2=O)cc1. The number of carbonyl (C=O) groups is 2. The van der Waals surface area contributed by atoms with Crippen LogP contribution in [0.4, 0.5) is 5.69 Å². The molecular formula is C13H12N2O3S. The van der Waals surface area contributed by atoms with Crippen molar-refractivity contribution in [3.63, 3.8) is 0 Å². The molecule has 2 aliphatic heterocycles. The van der Waals surface area contributed by atoms with Crippen LogP contribution in [0.15, 0.2) is 24.3 Å². The molecule has 1 aromatic carbocycles. The Balaban J connectivity index is 1.94. The van der Waals surface area contributed by atoms with Crippen molar-refractivity contribution in [3.05, 3.63) is 29.8 Å². The minimum atomic E-state index is -0.488. The summed E-state index contributed by atoms with van der Waals surface area (Å²) >= 11 is 4.87. The standard InChI is InChI=1S/C13H12N2O3S/c14-11(19)7-1-3-8(4-2-7)15-12(16)9-5-6-10(18-9)13(15)17/h1-4,9-10H,5-6H2,(H2,14,19). The molecular weight excluding hydrogens is 264 g/mol. The Labute approximate surface area is 115 Å². The minimum absolute atomic E-state index is 0.284. The zero-order valence-electron chi connectivity index (χ0n) is 10.0. The number of benzene rings is 1. The number of amides is 2. The third kappa shape index (κ3) is 1.93. The molecule has 2 aliphatic rings. The second-order valence-corrected chi connectivity index (χ2v) is 5.05. The largest absolute Gasteiger partial charge is 0.389 e. The van der Waals surface area contributed by atoms with Gasteiger partial charge in [-0.2, -0.15) is 0 Å². The summed E-state index contributed by atoms with van der Waals surface area (Å²) in [6.07, 6.45) is 0.240. The van der Waals surface area contributed by atoms with Crippen molar-refractivity contribution in [1.29, 1.82) is 0 Å². The highest BCUT2D eigenvalue weighted by Gasteiger charge is 2.47. The predicted octanol–water partition coefficient (Wildman–Crippen LogP) is 0.742. The first kappa shape index (κ1) is 12.3. The predicted molar refractivity (Wildman–Crippen MR) is 72.7 cm³/mol. The molecule has 0 aromatic heterocycles. The molecule has 2 bridgehead atoms. The molecule has 0 spiro atoms. The van der Waals surface area contributed by atoms with E-state index >= 15 is 0 Å². The maximum atomic E-state index is 12.1. The van der Waals surface area contributed by atoms with E-state index in [-0.39, 0.29) is 16.8 Å². The van der Waals surface area contributed by atoms with Gasteiger partial charge in [0.2, 0.25) is 0 Å². The average molecular weight is 276 g/mol. The van der Waals surface area contributed by atoms with Gasteiger partial charge in [-0.3, -0.25) is 9.59 Å². The number of hydrogen-bond acceptors (Lipinski definition) is 4. The summed E-state index contributed by atoms with van der Waals surface area (Å²) in [5, 5.41) is 0. The van der Waals surface area contributed by atoms with Gasteiger partial charge in [0, 0.05) is 5.56 Å². The van der Waals surface area contributed by atoms with E-state index in [2.05, 4.69) is 0 Å². The van der Waals surface area contributed by atoms with Gasteiger partial charge in [0.1, 0.15) is 17.2 Å². The number of carbonyl (C=O) groups excluding carboxylic acids is 2. The van der Waals surface area contributed by atoms with Gasteiger partial charge < -0.3 is 10.5 Å². The van der Waals surface area contributed by atoms with Gasteiger partial charge in [-0.05, 0) is 37.1 Å². The molecule has 5 nitrogen and oxygen atoms in total. The van der Waals surface area contributed by atoms with E-state index in [4.69, 9.17) is 22.7 Å². The second kappa shape index (κ2) is 4.40. The van der Waals surface area contributed by atoms with E-state index in [1.807, 2.05) is 0 Å². The average Bonchev–Trinajstić information content (AvgIpc) is 2.84. The summed E-state index contributed by atoms with van der Waals surface area (Å²) in [4.78, 5) is 25.8. The van der Waals surface area contributed by atoms with Crippen LogP contribution in [0, 0.1) is 0 Å². The molecule has 0 radical (unpaired) electrons. The molecule has 2 fully saturated rings. The smallest absolute Gasteiger partial charge is 0.262 e. The molecule has 2 atom stereocenters. The van der Waals surface area contributed by atoms with Gasteiger partial charge in [0.15, 0.2) is 0 Å². The number of imide groups is 1. The lowest BCUT2D eigenvalue weighted by Gasteiger charge is -2.29. The topological polar surface area (TPSA) is 72.6 Å². The quantitative estimate of drug-likeness (QED) is 0.637. The third-order valence-corrected chi connectivity index (χ3v) is 3.66. The first-order valence-corrected chi connectivity index (χ1v) is 6.42. The van der Waals surface area contributed by atoms with Crippen LogP contribution >= 0.6 is 12.2 Å². The van der Waals surface area contributed by atoms with E-state index in [1.165, 1.54) is 4.90 Å². The summed E-state index contributed by atoms with van der Waals surface area (Å²) in [5.74, 6) is -0.580. The first-order chi connectivity index (χ1) is 9.08. The molecule has 2 N–H and O–H groups in total. The Morgan fingerprint density at radius 3 is 2.16 bits per heavy atom. The fourth-order valence-corrected chi connectivity index (χ4v) is 2.56. The van der Waals surface area contributed by atoms with Crippen molar-refractivity contribution in [3.8, 4) is 0 Å². The molecule has 2 heterocycles. The van der Waals surface area contributed by atoms with Crippen LogP contribution in [0.1, 0.15) is 18.4 Å². The second-order valence-electron chi connectivity index (χ2n) is 4.61. The van der Waals surface area contributed by atoms with Gasteiger partial charge in [0.25, 0.3) is 11.8 Å². The lowest BCUT2D eigenvalue weighted by molar-refractivity contribution is -0.146. The van der Waals surface area contributed by atoms with Crippen LogP contribution in [0.2, 0.25) is 0 Å². The molecule has 2 saturated heterocycles. The van der Waals surface area contributed by atoms with Gasteiger partial charge in [-0.1, -0.05) is 12.2 Å². The van der Waals surface area contributed by atoms with E-state index in [9.17, 15) is 9.59 Å². The zero-order valence-corrected chi connectivity index (χ0v) is 10.9. The van der Waals surface area contributed by atoms with Crippen LogP contribution in [0.25, 0.3) is 0 Å². The van der Waals surface area contributed by atoms with Crippen molar-refractivity contribution in [2.24, 2.45) is 5.73 Å². The Morgan fingerprint density at radius 1 is 1.16 bits per heavy atom. The zero-order chi connectivity index (χ0) is 13.6. The fourth-order valence-electron chi connectivity index (χ4n) is 2.43. The normalized spacial score (nSPS) is 25.8. The highest BCUT2D eigenvalue weighted by atomic mass is 32.1. The van der Waals surface area contributed by atoms with Crippen LogP contribution in [-0.2, 0) is 14.3 Å². The fraction of sp³-hybridized carbons (Fsp3) is 0.308. The molecule has 6 heteroatoms. The monoisotopic (exact) mass is 276 g/mol. The molecule has 2 unspecified atom stereocenters. The van der Waals surface area contributed by atoms with Gasteiger partial charge >= 0.3 is 0 Å². The third-order valence-electron chi connectivity index (χ3n) is 3.42. The Kier molecular flexibility index (Phi) is 2.83. The van der Waals surface area contributed by atoms with Crippen molar-refractivity contribution in [2.75, 3.05) is 4.90 Å². The van der Waals surface area contributed by atoms with Crippen LogP contribution < -0.4 is 10.6 Å². The lowest BCUT2D eigenvalue weighted by Crippen LogP contribution is -2.52. The molecule has 19 heavy (non-hydrogen) atoms. The molecule has 0 saturated carbocycles. The summed E-state index contributed by atoms with van der Waals surface area (Å²) < 4.78 is 5.35. The molecule has 1 aromatic rings. The highest BCUT2D eigenvalue weighted by molar-refractivity contribution is 7.80. The van der Waals surface area contributed by atoms with Gasteiger partial charge in [-0.25, -0.2) is 4.90 Å². The number of morpholine rings is 1. The lowest BCUT2D eigenvalue weighted by atomic mass is 10.1. The van der Waals surface area contributed by atoms with Crippen LogP contribution in [-0.4, -0.2) is 29.0 Å². The number of hydrogen-bond donors (Lipinski definition) is 1. The summed E-state index contributed by atoms with van der Waals surface area (Å²) in [6, 6.07) is 6.76. The van der Waals surface area contributed by atoms with E-state index in [1.54, 1.807) is 24.3 Å². The Bertz CT molecular complexity index is 548. The summed E-state index contributed by atoms with van der Waals surface area (Å²) in [5.41, 5.74) is 6.76. The molecule has 0 aliphatic carbocycles. The number of thiocarbonyl (C=S) groups is 1. The summed E-state index contributed by atoms with van der Waals surface area (Å²) in [7, 11) is 0. The number of ether oxygens (including phenoxy) is 1. The van der Waals surface area contributed by atoms with Crippen molar-refractivity contribution in [1.82, 2.24) is 0 Å². The first-order valence-electron chi connectivity index (χ1n) is 6.01. The van der Waals surface area contributed by atoms with Crippen molar-refractivity contribution in [2.45, 2.75) is 25.0 Å². The van der Waals surface area contributed by atoms with Crippen LogP contribution in [0.3, 0.4) is 0 Å². The molecule has 3 rings (SSSR count). The van der Waals surface area contributed by atoms with Gasteiger partial charge in [-0.15, -0.1) is 0 Å². The Morgan fingerprint density at radius 2 is 1.68 bits per heavy atom. The van der Waals surface area contributed by atoms with Crippen molar-refractivity contribution < 1.29 is 14.3 Å². The van der Waals surface area contributed by atoms with Crippen LogP contribution in [0.5, 0.6) is 0 Å². The number of nitrogens with two attached hydrogens (primary N) is 1. The number of anilines is 1. The Hall–Kier alpha value is -1.79. The summed E-state index contributed by atoms with van der Waals surface area (Å²) in [6.45, 7) is 0. The van der Waals surface area contributed by atoms with E-state index in [0.717, 1.165) is 0 Å². The number of rotatable bonds is 2. The minimum Gasteiger partial charge on any atom is -0.389 e. The van der Waals surface area contributed by atoms with Crippen molar-refractivity contribution >= 4 is 34.7 Å². The maximum absolute atomic E-state index is 12.1. The number of fused-ring (bicyclic) bond motifs is 2. The highest BCUT2D eigenvalue weighted by Crippen LogP contribution is 2.31. The number of nitrogens with zero attached hydrogens (tertiary/aromatic N) is 1. The molecule has 98 valence electrons. The van der Waals surface area contributed by atoms with E-state index < -0.39 is 12.2 Å². The van der Waals surface area contributed by atoms with Gasteiger partial charge in [0.05, 0.1) is 5.69 Å². The molecule has 2 amide bonds.